The number of hydrogen-bond acceptors (Lipinski definition) is 2. The molecule has 2 aromatic carbocycles. The van der Waals surface area contributed by atoms with Gasteiger partial charge in [0.1, 0.15) is 0 Å². The van der Waals surface area contributed by atoms with Crippen LogP contribution in [0.1, 0.15) is 11.1 Å². The fourth-order valence-electron chi connectivity index (χ4n) is 1.62. The van der Waals surface area contributed by atoms with Crippen LogP contribution in [0.15, 0.2) is 41.3 Å². The second kappa shape index (κ2) is 5.87. The number of rotatable bonds is 3. The van der Waals surface area contributed by atoms with Crippen LogP contribution in [-0.4, -0.2) is 0 Å². The molecule has 0 bridgehead atoms. The summed E-state index contributed by atoms with van der Waals surface area (Å²) in [5.74, 6) is 0.714. The minimum absolute atomic E-state index is 0.695. The monoisotopic (exact) mass is 297 g/mol. The fraction of sp³-hybridized carbons (Fsp3) is 0.143. The van der Waals surface area contributed by atoms with E-state index in [9.17, 15) is 0 Å². The lowest BCUT2D eigenvalue weighted by Gasteiger charge is -2.09. The van der Waals surface area contributed by atoms with Crippen molar-refractivity contribution < 1.29 is 0 Å². The third kappa shape index (κ3) is 3.14. The van der Waals surface area contributed by atoms with Gasteiger partial charge in [0.2, 0.25) is 0 Å². The molecule has 18 heavy (non-hydrogen) atoms. The van der Waals surface area contributed by atoms with E-state index in [1.54, 1.807) is 11.8 Å². The highest BCUT2D eigenvalue weighted by molar-refractivity contribution is 7.98. The average Bonchev–Trinajstić information content (AvgIpc) is 2.31. The molecule has 0 aliphatic carbocycles. The van der Waals surface area contributed by atoms with E-state index in [4.69, 9.17) is 28.9 Å². The molecule has 2 rings (SSSR count). The number of benzene rings is 2. The molecule has 0 amide bonds. The van der Waals surface area contributed by atoms with Crippen LogP contribution in [0.4, 0.5) is 5.69 Å². The largest absolute Gasteiger partial charge is 0.398 e. The molecule has 94 valence electrons. The number of hydrogen-bond donors (Lipinski definition) is 1. The van der Waals surface area contributed by atoms with Crippen molar-refractivity contribution in [3.63, 3.8) is 0 Å². The van der Waals surface area contributed by atoms with Gasteiger partial charge in [-0.05, 0) is 42.3 Å². The summed E-state index contributed by atoms with van der Waals surface area (Å²) in [4.78, 5) is 1.05. The normalized spacial score (nSPS) is 10.6. The fourth-order valence-corrected chi connectivity index (χ4v) is 3.31. The second-order valence-electron chi connectivity index (χ2n) is 4.03. The van der Waals surface area contributed by atoms with Gasteiger partial charge in [-0.2, -0.15) is 0 Å². The topological polar surface area (TPSA) is 26.0 Å². The number of thioether (sulfide) groups is 1. The summed E-state index contributed by atoms with van der Waals surface area (Å²) < 4.78 is 0. The Bertz CT molecular complexity index is 549. The highest BCUT2D eigenvalue weighted by Gasteiger charge is 2.07. The Morgan fingerprint density at radius 2 is 1.78 bits per heavy atom. The van der Waals surface area contributed by atoms with Gasteiger partial charge in [-0.1, -0.05) is 35.3 Å². The summed E-state index contributed by atoms with van der Waals surface area (Å²) in [6.07, 6.45) is 0. The molecule has 0 aromatic heterocycles. The van der Waals surface area contributed by atoms with Crippen molar-refractivity contribution in [1.29, 1.82) is 0 Å². The van der Waals surface area contributed by atoms with E-state index < -0.39 is 0 Å². The van der Waals surface area contributed by atoms with Gasteiger partial charge < -0.3 is 5.73 Å². The van der Waals surface area contributed by atoms with Crippen molar-refractivity contribution in [1.82, 2.24) is 0 Å². The summed E-state index contributed by atoms with van der Waals surface area (Å²) >= 11 is 13.9. The average molecular weight is 298 g/mol. The van der Waals surface area contributed by atoms with E-state index >= 15 is 0 Å². The Labute approximate surface area is 121 Å². The van der Waals surface area contributed by atoms with Gasteiger partial charge in [-0.25, -0.2) is 0 Å². The predicted molar refractivity (Wildman–Crippen MR) is 81.6 cm³/mol. The van der Waals surface area contributed by atoms with Crippen LogP contribution in [-0.2, 0) is 5.75 Å². The highest BCUT2D eigenvalue weighted by Crippen LogP contribution is 2.33. The second-order valence-corrected chi connectivity index (χ2v) is 5.86. The minimum Gasteiger partial charge on any atom is -0.398 e. The van der Waals surface area contributed by atoms with Gasteiger partial charge in [-0.3, -0.25) is 0 Å². The van der Waals surface area contributed by atoms with Gasteiger partial charge in [0, 0.05) is 26.4 Å². The third-order valence-electron chi connectivity index (χ3n) is 2.60. The first-order chi connectivity index (χ1) is 8.58. The van der Waals surface area contributed by atoms with Crippen LogP contribution in [0.25, 0.3) is 0 Å². The lowest BCUT2D eigenvalue weighted by Crippen LogP contribution is -1.91. The van der Waals surface area contributed by atoms with Gasteiger partial charge in [0.15, 0.2) is 0 Å². The quantitative estimate of drug-likeness (QED) is 0.624. The van der Waals surface area contributed by atoms with Crippen LogP contribution in [0, 0.1) is 6.92 Å². The summed E-state index contributed by atoms with van der Waals surface area (Å²) in [5.41, 5.74) is 8.88. The molecular formula is C14H13Cl2NS. The maximum atomic E-state index is 6.13. The number of aryl methyl sites for hydroxylation is 1. The lowest BCUT2D eigenvalue weighted by atomic mass is 10.2. The highest BCUT2D eigenvalue weighted by atomic mass is 35.5. The van der Waals surface area contributed by atoms with Crippen LogP contribution >= 0.6 is 35.0 Å². The number of halogens is 2. The van der Waals surface area contributed by atoms with Gasteiger partial charge in [-0.15, -0.1) is 11.8 Å². The van der Waals surface area contributed by atoms with Crippen LogP contribution in [0.3, 0.4) is 0 Å². The minimum atomic E-state index is 0.695. The van der Waals surface area contributed by atoms with Crippen LogP contribution in [0.5, 0.6) is 0 Å². The van der Waals surface area contributed by atoms with Gasteiger partial charge in [0.05, 0.1) is 0 Å². The Balaban J connectivity index is 2.16. The van der Waals surface area contributed by atoms with Crippen molar-refractivity contribution in [3.8, 4) is 0 Å². The number of anilines is 1. The smallest absolute Gasteiger partial charge is 0.0461 e. The number of nitrogen functional groups attached to an aromatic ring is 1. The van der Waals surface area contributed by atoms with Gasteiger partial charge >= 0.3 is 0 Å². The van der Waals surface area contributed by atoms with E-state index in [1.165, 1.54) is 0 Å². The first-order valence-corrected chi connectivity index (χ1v) is 7.24. The van der Waals surface area contributed by atoms with E-state index in [2.05, 4.69) is 0 Å². The van der Waals surface area contributed by atoms with E-state index in [-0.39, 0.29) is 0 Å². The standard InChI is InChI=1S/C14H13Cl2NS/c1-9-5-6-14(13(17)7-9)18-8-10-11(15)3-2-4-12(10)16/h2-7H,8,17H2,1H3. The Kier molecular flexibility index (Phi) is 4.44. The predicted octanol–water partition coefficient (Wildman–Crippen LogP) is 5.18. The molecule has 0 radical (unpaired) electrons. The SMILES string of the molecule is Cc1ccc(SCc2c(Cl)cccc2Cl)c(N)c1. The zero-order chi connectivity index (χ0) is 13.1. The van der Waals surface area contributed by atoms with Crippen LogP contribution < -0.4 is 5.73 Å². The van der Waals surface area contributed by atoms with Crippen molar-refractivity contribution in [2.24, 2.45) is 0 Å². The maximum absolute atomic E-state index is 6.13. The van der Waals surface area contributed by atoms with Crippen molar-refractivity contribution in [2.45, 2.75) is 17.6 Å². The molecular weight excluding hydrogens is 285 g/mol. The van der Waals surface area contributed by atoms with E-state index in [0.29, 0.717) is 15.8 Å². The molecule has 0 heterocycles. The van der Waals surface area contributed by atoms with Crippen molar-refractivity contribution in [2.75, 3.05) is 5.73 Å². The Morgan fingerprint density at radius 3 is 2.39 bits per heavy atom. The number of nitrogens with two attached hydrogens (primary N) is 1. The Hall–Kier alpha value is -0.830. The molecule has 0 spiro atoms. The van der Waals surface area contributed by atoms with Gasteiger partial charge in [0.25, 0.3) is 0 Å². The van der Waals surface area contributed by atoms with E-state index in [1.807, 2.05) is 43.3 Å². The molecule has 2 aromatic rings. The molecule has 0 aliphatic heterocycles. The maximum Gasteiger partial charge on any atom is 0.0461 e. The zero-order valence-corrected chi connectivity index (χ0v) is 12.2. The molecule has 0 aliphatic rings. The molecule has 4 heteroatoms. The summed E-state index contributed by atoms with van der Waals surface area (Å²) in [5, 5.41) is 1.39. The van der Waals surface area contributed by atoms with E-state index in [0.717, 1.165) is 21.7 Å². The molecule has 2 N–H and O–H groups in total. The summed E-state index contributed by atoms with van der Waals surface area (Å²) in [6.45, 7) is 2.02. The molecule has 0 fully saturated rings. The zero-order valence-electron chi connectivity index (χ0n) is 9.91. The van der Waals surface area contributed by atoms with Crippen molar-refractivity contribution in [3.05, 3.63) is 57.6 Å². The first kappa shape index (κ1) is 13.6. The lowest BCUT2D eigenvalue weighted by molar-refractivity contribution is 1.35. The molecule has 0 atom stereocenters. The summed E-state index contributed by atoms with van der Waals surface area (Å²) in [7, 11) is 0. The van der Waals surface area contributed by atoms with Crippen LogP contribution in [0.2, 0.25) is 10.0 Å². The molecule has 1 nitrogen and oxygen atoms in total. The third-order valence-corrected chi connectivity index (χ3v) is 4.42. The first-order valence-electron chi connectivity index (χ1n) is 5.50. The summed E-state index contributed by atoms with van der Waals surface area (Å²) in [6, 6.07) is 11.6. The molecule has 0 saturated heterocycles. The van der Waals surface area contributed by atoms with Crippen molar-refractivity contribution >= 4 is 40.7 Å². The molecule has 0 unspecified atom stereocenters. The Morgan fingerprint density at radius 1 is 1.11 bits per heavy atom. The molecule has 0 saturated carbocycles.